The molecule has 0 atom stereocenters. The zero-order valence-electron chi connectivity index (χ0n) is 38.0. The first kappa shape index (κ1) is 41.5. The third-order valence-electron chi connectivity index (χ3n) is 15.2. The number of benzene rings is 4. The normalized spacial score (nSPS) is 17.1. The average Bonchev–Trinajstić information content (AvgIpc) is 3.65. The second-order valence-electron chi connectivity index (χ2n) is 17.8. The van der Waals surface area contributed by atoms with Crippen molar-refractivity contribution in [3.8, 4) is 0 Å². The zero-order valence-corrected chi connectivity index (χ0v) is 38.0. The topological polar surface area (TPSA) is 6.25 Å². The fraction of sp³-hybridized carbons (Fsp3) is 0.365. The Morgan fingerprint density at radius 3 is 1.74 bits per heavy atom. The van der Waals surface area contributed by atoms with E-state index in [-0.39, 0.29) is 6.60 Å². The standard InChI is InChI=1S/C52H59B4N2/c1-17-19-41-23-22-40(24-43-26-45-50-34(9)30(5)28(3)32(7)48(50)36(11)38(13)52(45)58(43)16)39(14)46(55(41)56(53)54)21-18-20-42-25-44-49-33(8)29(4)27(2)31(6)47(49)35(10)37(12)51(44)57(42)15/h18,20-21,24H,1,22-23,25-26H2,2-16H3/q+1. The molecule has 0 fully saturated rings. The van der Waals surface area contributed by atoms with E-state index in [0.717, 1.165) is 36.6 Å². The highest BCUT2D eigenvalue weighted by molar-refractivity contribution is 7.60. The minimum atomic E-state index is -0.591. The molecule has 7 rings (SSSR count). The molecule has 3 aliphatic heterocycles. The fourth-order valence-corrected chi connectivity index (χ4v) is 11.0. The first-order chi connectivity index (χ1) is 27.3. The lowest BCUT2D eigenvalue weighted by atomic mass is 8.90. The monoisotopic (exact) mass is 756 g/mol. The van der Waals surface area contributed by atoms with E-state index in [2.05, 4.69) is 156 Å². The van der Waals surface area contributed by atoms with Gasteiger partial charge in [-0.1, -0.05) is 40.1 Å². The molecule has 0 amide bonds. The molecular formula is C52H59B4N2+. The molecule has 0 unspecified atom stereocenters. The molecule has 3 aliphatic rings. The van der Waals surface area contributed by atoms with Crippen LogP contribution in [-0.4, -0.2) is 52.8 Å². The van der Waals surface area contributed by atoms with Crippen molar-refractivity contribution in [1.82, 2.24) is 0 Å². The van der Waals surface area contributed by atoms with Crippen LogP contribution in [0.15, 0.2) is 70.1 Å². The van der Waals surface area contributed by atoms with Crippen molar-refractivity contribution in [2.45, 2.75) is 116 Å². The van der Waals surface area contributed by atoms with Crippen molar-refractivity contribution in [2.75, 3.05) is 19.0 Å². The van der Waals surface area contributed by atoms with Crippen LogP contribution in [0.25, 0.3) is 21.5 Å². The van der Waals surface area contributed by atoms with Crippen LogP contribution in [0.5, 0.6) is 0 Å². The van der Waals surface area contributed by atoms with Gasteiger partial charge in [0.25, 0.3) is 0 Å². The molecule has 3 heterocycles. The highest BCUT2D eigenvalue weighted by Crippen LogP contribution is 2.47. The molecule has 0 aliphatic carbocycles. The van der Waals surface area contributed by atoms with E-state index in [9.17, 15) is 0 Å². The molecule has 0 saturated heterocycles. The van der Waals surface area contributed by atoms with Crippen molar-refractivity contribution in [3.63, 3.8) is 0 Å². The molecule has 6 heteroatoms. The van der Waals surface area contributed by atoms with Crippen LogP contribution in [0.4, 0.5) is 11.4 Å². The lowest BCUT2D eigenvalue weighted by Gasteiger charge is -2.23. The summed E-state index contributed by atoms with van der Waals surface area (Å²) in [5, 5.41) is 5.73. The van der Waals surface area contributed by atoms with Gasteiger partial charge in [-0.2, -0.15) is 4.58 Å². The highest BCUT2D eigenvalue weighted by atomic mass is 15.1. The molecular weight excluding hydrogens is 696 g/mol. The molecule has 288 valence electrons. The highest BCUT2D eigenvalue weighted by Gasteiger charge is 2.35. The molecule has 0 aromatic heterocycles. The van der Waals surface area contributed by atoms with Crippen molar-refractivity contribution < 1.29 is 4.58 Å². The maximum Gasteiger partial charge on any atom is 0.212 e. The van der Waals surface area contributed by atoms with Gasteiger partial charge >= 0.3 is 0 Å². The predicted octanol–water partition coefficient (Wildman–Crippen LogP) is 11.5. The molecule has 2 nitrogen and oxygen atoms in total. The number of likely N-dealkylation sites (N-methyl/N-ethyl adjacent to an activating group) is 1. The molecule has 0 bridgehead atoms. The van der Waals surface area contributed by atoms with Crippen molar-refractivity contribution >= 4 is 67.1 Å². The van der Waals surface area contributed by atoms with E-state index >= 15 is 0 Å². The fourth-order valence-electron chi connectivity index (χ4n) is 11.0. The van der Waals surface area contributed by atoms with Gasteiger partial charge in [0.15, 0.2) is 12.3 Å². The number of aryl methyl sites for hydroxylation is 6. The lowest BCUT2D eigenvalue weighted by molar-refractivity contribution is -0.401. The van der Waals surface area contributed by atoms with Gasteiger partial charge in [0, 0.05) is 63.9 Å². The van der Waals surface area contributed by atoms with E-state index in [1.54, 1.807) is 0 Å². The van der Waals surface area contributed by atoms with Crippen molar-refractivity contribution in [2.24, 2.45) is 0 Å². The second kappa shape index (κ2) is 15.2. The van der Waals surface area contributed by atoms with Gasteiger partial charge in [-0.15, -0.1) is 0 Å². The Morgan fingerprint density at radius 2 is 1.19 bits per heavy atom. The van der Waals surface area contributed by atoms with E-state index < -0.39 is 6.39 Å². The summed E-state index contributed by atoms with van der Waals surface area (Å²) < 4.78 is 2.45. The minimum absolute atomic E-state index is 0.201. The first-order valence-electron chi connectivity index (χ1n) is 21.2. The Balaban J connectivity index is 1.35. The average molecular weight is 755 g/mol. The smallest absolute Gasteiger partial charge is 0.212 e. The van der Waals surface area contributed by atoms with E-state index in [0.29, 0.717) is 0 Å². The third-order valence-corrected chi connectivity index (χ3v) is 15.2. The minimum Gasteiger partial charge on any atom is -0.347 e. The maximum absolute atomic E-state index is 6.68. The summed E-state index contributed by atoms with van der Waals surface area (Å²) in [5.41, 5.74) is 36.0. The van der Waals surface area contributed by atoms with Crippen LogP contribution < -0.4 is 4.90 Å². The van der Waals surface area contributed by atoms with E-state index in [1.165, 1.54) is 133 Å². The Kier molecular flexibility index (Phi) is 10.9. The Morgan fingerprint density at radius 1 is 0.672 bits per heavy atom. The SMILES string of the molecule is [B]B([B])B1C(=C=C=C)CC/C(=C\C2=[N+](C)c3c(C)c(C)c4c(C)c(C)c(C)c(C)c4c3C2)C(C)=C1/C=C/C=C1\Cc2c(c(C)c(C)c3c(C)c(C)c(C)c(C)c23)N1C. The molecule has 0 spiro atoms. The number of fused-ring (bicyclic) bond motifs is 6. The molecule has 4 aromatic rings. The summed E-state index contributed by atoms with van der Waals surface area (Å²) in [5.74, 6) is 0. The Labute approximate surface area is 352 Å². The molecule has 4 radical (unpaired) electrons. The number of hydrogen-bond donors (Lipinski definition) is 0. The number of nitrogens with zero attached hydrogens (tertiary/aromatic N) is 2. The second-order valence-corrected chi connectivity index (χ2v) is 17.8. The largest absolute Gasteiger partial charge is 0.347 e. The summed E-state index contributed by atoms with van der Waals surface area (Å²) >= 11 is 0. The van der Waals surface area contributed by atoms with Crippen molar-refractivity contribution in [3.05, 3.63) is 148 Å². The Hall–Kier alpha value is -4.61. The van der Waals surface area contributed by atoms with Gasteiger partial charge in [0.2, 0.25) is 5.69 Å². The zero-order chi connectivity index (χ0) is 42.4. The lowest BCUT2D eigenvalue weighted by Crippen LogP contribution is -2.40. The predicted molar refractivity (Wildman–Crippen MR) is 258 cm³/mol. The van der Waals surface area contributed by atoms with Crippen molar-refractivity contribution in [1.29, 1.82) is 0 Å². The number of anilines is 1. The van der Waals surface area contributed by atoms with Crippen LogP contribution >= 0.6 is 0 Å². The summed E-state index contributed by atoms with van der Waals surface area (Å²) in [6.07, 6.45) is 12.1. The summed E-state index contributed by atoms with van der Waals surface area (Å²) in [4.78, 5) is 2.41. The van der Waals surface area contributed by atoms with Gasteiger partial charge in [-0.05, 0) is 209 Å². The van der Waals surface area contributed by atoms with Crippen LogP contribution in [0.2, 0.25) is 0 Å². The van der Waals surface area contributed by atoms with E-state index in [1.807, 2.05) is 0 Å². The molecule has 0 N–H and O–H groups in total. The summed E-state index contributed by atoms with van der Waals surface area (Å²) in [6.45, 7) is 33.5. The van der Waals surface area contributed by atoms with Crippen LogP contribution in [0, 0.1) is 83.1 Å². The third kappa shape index (κ3) is 6.17. The van der Waals surface area contributed by atoms with Gasteiger partial charge in [0.1, 0.15) is 7.05 Å². The van der Waals surface area contributed by atoms with Gasteiger partial charge < -0.3 is 4.90 Å². The van der Waals surface area contributed by atoms with Crippen LogP contribution in [0.1, 0.15) is 97.7 Å². The van der Waals surface area contributed by atoms with Gasteiger partial charge in [-0.3, -0.25) is 0 Å². The molecule has 4 aromatic carbocycles. The number of allylic oxidation sites excluding steroid dienone is 9. The molecule has 58 heavy (non-hydrogen) atoms. The Bertz CT molecular complexity index is 2790. The number of hydrogen-bond acceptors (Lipinski definition) is 1. The number of rotatable bonds is 4. The molecule has 0 saturated carbocycles. The van der Waals surface area contributed by atoms with Crippen LogP contribution in [0.3, 0.4) is 0 Å². The quantitative estimate of drug-likeness (QED) is 0.114. The maximum atomic E-state index is 6.68. The van der Waals surface area contributed by atoms with E-state index in [4.69, 9.17) is 15.5 Å². The van der Waals surface area contributed by atoms with Gasteiger partial charge in [0.05, 0.1) is 6.42 Å². The summed E-state index contributed by atoms with van der Waals surface area (Å²) in [7, 11) is 17.8. The summed E-state index contributed by atoms with van der Waals surface area (Å²) in [6, 6.07) is 0. The first-order valence-corrected chi connectivity index (χ1v) is 21.2. The van der Waals surface area contributed by atoms with Crippen LogP contribution in [-0.2, 0) is 12.8 Å². The van der Waals surface area contributed by atoms with Gasteiger partial charge in [-0.25, -0.2) is 0 Å².